The molecule has 0 bridgehead atoms. The molecular formula is C26H38O3. The molecule has 1 fully saturated rings. The maximum absolute atomic E-state index is 10.4. The summed E-state index contributed by atoms with van der Waals surface area (Å²) in [5, 5.41) is 30.0. The lowest BCUT2D eigenvalue weighted by molar-refractivity contribution is 0.0775. The Balaban J connectivity index is 1.73. The molecule has 0 heterocycles. The van der Waals surface area contributed by atoms with Crippen LogP contribution in [-0.4, -0.2) is 27.5 Å². The summed E-state index contributed by atoms with van der Waals surface area (Å²) in [7, 11) is 0. The average molecular weight is 399 g/mol. The van der Waals surface area contributed by atoms with Crippen molar-refractivity contribution < 1.29 is 15.3 Å². The molecule has 0 saturated heterocycles. The third-order valence-corrected chi connectivity index (χ3v) is 5.85. The van der Waals surface area contributed by atoms with E-state index >= 15 is 0 Å². The van der Waals surface area contributed by atoms with Crippen LogP contribution in [0.3, 0.4) is 0 Å². The highest BCUT2D eigenvalue weighted by Gasteiger charge is 2.24. The number of benzene rings is 1. The Labute approximate surface area is 176 Å². The smallest absolute Gasteiger partial charge is 0.0843 e. The van der Waals surface area contributed by atoms with Crippen LogP contribution in [0.1, 0.15) is 70.4 Å². The number of aliphatic hydroxyl groups excluding tert-OH is 2. The summed E-state index contributed by atoms with van der Waals surface area (Å²) in [6.45, 7) is 9.93. The fourth-order valence-electron chi connectivity index (χ4n) is 4.00. The molecule has 0 aliphatic heterocycles. The molecule has 1 aromatic carbocycles. The highest BCUT2D eigenvalue weighted by molar-refractivity contribution is 5.37. The van der Waals surface area contributed by atoms with Crippen LogP contribution in [0, 0.1) is 5.92 Å². The number of hydrogen-bond donors (Lipinski definition) is 3. The van der Waals surface area contributed by atoms with Gasteiger partial charge in [0.15, 0.2) is 0 Å². The molecule has 29 heavy (non-hydrogen) atoms. The van der Waals surface area contributed by atoms with Gasteiger partial charge in [0.1, 0.15) is 0 Å². The van der Waals surface area contributed by atoms with Crippen LogP contribution in [0.5, 0.6) is 0 Å². The van der Waals surface area contributed by atoms with Crippen molar-refractivity contribution in [1.82, 2.24) is 0 Å². The van der Waals surface area contributed by atoms with Gasteiger partial charge in [-0.15, -0.1) is 0 Å². The number of hydrogen-bond acceptors (Lipinski definition) is 3. The lowest BCUT2D eigenvalue weighted by Crippen LogP contribution is -2.26. The Morgan fingerprint density at radius 2 is 1.93 bits per heavy atom. The number of aryl methyl sites for hydroxylation is 1. The summed E-state index contributed by atoms with van der Waals surface area (Å²) >= 11 is 0. The topological polar surface area (TPSA) is 60.7 Å². The Hall–Kier alpha value is -1.68. The van der Waals surface area contributed by atoms with E-state index in [0.29, 0.717) is 18.8 Å². The van der Waals surface area contributed by atoms with Crippen LogP contribution >= 0.6 is 0 Å². The minimum absolute atomic E-state index is 0.387. The Kier molecular flexibility index (Phi) is 8.88. The van der Waals surface area contributed by atoms with Crippen molar-refractivity contribution >= 4 is 0 Å². The van der Waals surface area contributed by atoms with E-state index in [9.17, 15) is 15.3 Å². The first-order valence-corrected chi connectivity index (χ1v) is 10.9. The molecule has 0 radical (unpaired) electrons. The molecule has 3 heteroatoms. The largest absolute Gasteiger partial charge is 0.393 e. The van der Waals surface area contributed by atoms with Crippen molar-refractivity contribution in [1.29, 1.82) is 0 Å². The van der Waals surface area contributed by atoms with Gasteiger partial charge in [-0.3, -0.25) is 0 Å². The van der Waals surface area contributed by atoms with Crippen LogP contribution < -0.4 is 0 Å². The van der Waals surface area contributed by atoms with E-state index in [1.54, 1.807) is 0 Å². The second kappa shape index (κ2) is 10.9. The molecule has 1 aromatic rings. The maximum atomic E-state index is 10.4. The lowest BCUT2D eigenvalue weighted by atomic mass is 9.86. The minimum atomic E-state index is -0.797. The Bertz CT molecular complexity index is 724. The molecular weight excluding hydrogens is 360 g/mol. The summed E-state index contributed by atoms with van der Waals surface area (Å²) < 4.78 is 0. The van der Waals surface area contributed by atoms with Gasteiger partial charge in [0.05, 0.1) is 17.8 Å². The quantitative estimate of drug-likeness (QED) is 0.501. The second-order valence-corrected chi connectivity index (χ2v) is 9.05. The van der Waals surface area contributed by atoms with Crippen molar-refractivity contribution in [3.63, 3.8) is 0 Å². The van der Waals surface area contributed by atoms with E-state index in [-0.39, 0.29) is 0 Å². The normalized spacial score (nSPS) is 23.1. The van der Waals surface area contributed by atoms with Crippen molar-refractivity contribution in [3.05, 3.63) is 71.3 Å². The first-order valence-electron chi connectivity index (χ1n) is 10.9. The zero-order valence-corrected chi connectivity index (χ0v) is 18.3. The predicted molar refractivity (Wildman–Crippen MR) is 121 cm³/mol. The van der Waals surface area contributed by atoms with Gasteiger partial charge >= 0.3 is 0 Å². The van der Waals surface area contributed by atoms with Crippen LogP contribution in [0.25, 0.3) is 0 Å². The fraction of sp³-hybridized carbons (Fsp3) is 0.538. The monoisotopic (exact) mass is 398 g/mol. The van der Waals surface area contributed by atoms with E-state index in [2.05, 4.69) is 25.6 Å². The zero-order valence-electron chi connectivity index (χ0n) is 18.3. The predicted octanol–water partition coefficient (Wildman–Crippen LogP) is 5.21. The fourth-order valence-corrected chi connectivity index (χ4v) is 4.00. The molecule has 0 aromatic heterocycles. The van der Waals surface area contributed by atoms with Gasteiger partial charge in [-0.2, -0.15) is 0 Å². The first-order chi connectivity index (χ1) is 13.7. The number of allylic oxidation sites excluding steroid dienone is 3. The van der Waals surface area contributed by atoms with Gasteiger partial charge < -0.3 is 15.3 Å². The summed E-state index contributed by atoms with van der Waals surface area (Å²) in [6, 6.07) is 8.20. The van der Waals surface area contributed by atoms with Crippen molar-refractivity contribution in [2.75, 3.05) is 0 Å². The van der Waals surface area contributed by atoms with E-state index in [1.165, 1.54) is 12.0 Å². The average Bonchev–Trinajstić information content (AvgIpc) is 2.66. The summed E-state index contributed by atoms with van der Waals surface area (Å²) in [4.78, 5) is 0. The molecule has 1 aliphatic rings. The second-order valence-electron chi connectivity index (χ2n) is 9.05. The molecule has 0 spiro atoms. The van der Waals surface area contributed by atoms with E-state index in [4.69, 9.17) is 0 Å². The van der Waals surface area contributed by atoms with Gasteiger partial charge in [-0.25, -0.2) is 0 Å². The first kappa shape index (κ1) is 23.6. The van der Waals surface area contributed by atoms with Gasteiger partial charge in [0, 0.05) is 6.42 Å². The maximum Gasteiger partial charge on any atom is 0.0843 e. The van der Waals surface area contributed by atoms with E-state index in [0.717, 1.165) is 42.4 Å². The molecule has 2 rings (SSSR count). The van der Waals surface area contributed by atoms with Crippen LogP contribution in [0.4, 0.5) is 0 Å². The van der Waals surface area contributed by atoms with E-state index in [1.807, 2.05) is 44.2 Å². The summed E-state index contributed by atoms with van der Waals surface area (Å²) in [6.07, 6.45) is 11.5. The lowest BCUT2D eigenvalue weighted by Gasteiger charge is -2.26. The van der Waals surface area contributed by atoms with E-state index < -0.39 is 17.8 Å². The molecule has 160 valence electrons. The van der Waals surface area contributed by atoms with Crippen LogP contribution in [0.15, 0.2) is 60.2 Å². The number of unbranched alkanes of at least 4 members (excludes halogenated alkanes) is 1. The highest BCUT2D eigenvalue weighted by Crippen LogP contribution is 2.28. The number of aliphatic hydroxyl groups is 3. The van der Waals surface area contributed by atoms with Crippen LogP contribution in [0.2, 0.25) is 0 Å². The SMILES string of the molecule is C=C1/C(=C\C=C\CCC[C@@H](C)CCc2ccccc2C(C)(C)O)C[C@@H](O)C[C@@H]1O. The third-order valence-electron chi connectivity index (χ3n) is 5.85. The minimum Gasteiger partial charge on any atom is -0.393 e. The molecule has 1 saturated carbocycles. The molecule has 0 amide bonds. The van der Waals surface area contributed by atoms with Crippen molar-refractivity contribution in [2.45, 2.75) is 83.5 Å². The molecule has 1 aliphatic carbocycles. The molecule has 3 atom stereocenters. The standard InChI is InChI=1S/C26H38O3/c1-19(15-16-21-12-9-10-14-24(21)26(3,4)29)11-7-5-6-8-13-22-17-23(27)18-25(28)20(22)2/h6,8-10,12-14,19,23,25,27-29H,2,5,7,11,15-18H2,1,3-4H3/b8-6+,22-13-/t19-,23-,25+/m1/s1. The zero-order chi connectivity index (χ0) is 21.4. The Morgan fingerprint density at radius 3 is 2.66 bits per heavy atom. The van der Waals surface area contributed by atoms with Crippen molar-refractivity contribution in [2.24, 2.45) is 5.92 Å². The Morgan fingerprint density at radius 1 is 1.21 bits per heavy atom. The molecule has 3 N–H and O–H groups in total. The van der Waals surface area contributed by atoms with Crippen molar-refractivity contribution in [3.8, 4) is 0 Å². The number of rotatable bonds is 9. The molecule has 0 unspecified atom stereocenters. The van der Waals surface area contributed by atoms with Gasteiger partial charge in [0.25, 0.3) is 0 Å². The van der Waals surface area contributed by atoms with Gasteiger partial charge in [0.2, 0.25) is 0 Å². The third kappa shape index (κ3) is 7.58. The van der Waals surface area contributed by atoms with Gasteiger partial charge in [-0.05, 0) is 74.1 Å². The molecule has 3 nitrogen and oxygen atoms in total. The summed E-state index contributed by atoms with van der Waals surface area (Å²) in [5.41, 5.74) is 3.17. The summed E-state index contributed by atoms with van der Waals surface area (Å²) in [5.74, 6) is 0.639. The van der Waals surface area contributed by atoms with Crippen LogP contribution in [-0.2, 0) is 12.0 Å². The highest BCUT2D eigenvalue weighted by atomic mass is 16.3. The van der Waals surface area contributed by atoms with Gasteiger partial charge in [-0.1, -0.05) is 62.4 Å².